The van der Waals surface area contributed by atoms with Crippen LogP contribution in [-0.2, 0) is 6.54 Å². The number of hydrogen-bond donors (Lipinski definition) is 2. The lowest BCUT2D eigenvalue weighted by molar-refractivity contribution is 0.412. The van der Waals surface area contributed by atoms with Crippen LogP contribution in [0.1, 0.15) is 70.3 Å². The first kappa shape index (κ1) is 14.3. The topological polar surface area (TPSA) is 57.8 Å². The quantitative estimate of drug-likeness (QED) is 0.881. The van der Waals surface area contributed by atoms with E-state index in [-0.39, 0.29) is 11.1 Å². The summed E-state index contributed by atoms with van der Waals surface area (Å²) in [5, 5.41) is 3.38. The molecule has 0 aliphatic heterocycles. The smallest absolute Gasteiger partial charge is 0.251 e. The van der Waals surface area contributed by atoms with E-state index in [1.165, 1.54) is 19.3 Å². The van der Waals surface area contributed by atoms with Gasteiger partial charge in [0.25, 0.3) is 5.56 Å². The molecule has 0 unspecified atom stereocenters. The molecule has 0 saturated heterocycles. The van der Waals surface area contributed by atoms with Gasteiger partial charge in [-0.05, 0) is 33.6 Å². The van der Waals surface area contributed by atoms with Crippen molar-refractivity contribution in [3.8, 4) is 0 Å². The predicted molar refractivity (Wildman–Crippen MR) is 77.3 cm³/mol. The molecule has 1 aliphatic carbocycles. The fourth-order valence-electron chi connectivity index (χ4n) is 2.54. The molecule has 106 valence electrons. The van der Waals surface area contributed by atoms with Gasteiger partial charge in [-0.2, -0.15) is 0 Å². The van der Waals surface area contributed by atoms with Crippen molar-refractivity contribution < 1.29 is 0 Å². The fourth-order valence-corrected chi connectivity index (χ4v) is 2.54. The Labute approximate surface area is 115 Å². The molecule has 1 aromatic rings. The van der Waals surface area contributed by atoms with Crippen LogP contribution in [0.2, 0.25) is 0 Å². The first-order valence-corrected chi connectivity index (χ1v) is 7.29. The summed E-state index contributed by atoms with van der Waals surface area (Å²) in [5.41, 5.74) is 0.857. The Kier molecular flexibility index (Phi) is 4.40. The minimum Gasteiger partial charge on any atom is -0.310 e. The summed E-state index contributed by atoms with van der Waals surface area (Å²) in [6.07, 6.45) is 6.11. The lowest BCUT2D eigenvalue weighted by Crippen LogP contribution is -2.35. The molecule has 4 heteroatoms. The maximum absolute atomic E-state index is 11.8. The molecule has 1 fully saturated rings. The molecule has 0 aromatic carbocycles. The second kappa shape index (κ2) is 5.87. The average Bonchev–Trinajstić information content (AvgIpc) is 2.36. The van der Waals surface area contributed by atoms with E-state index < -0.39 is 0 Å². The van der Waals surface area contributed by atoms with Crippen LogP contribution in [0.5, 0.6) is 0 Å². The van der Waals surface area contributed by atoms with E-state index in [2.05, 4.69) is 36.1 Å². The van der Waals surface area contributed by atoms with E-state index in [9.17, 15) is 4.79 Å². The molecule has 0 spiro atoms. The standard InChI is InChI=1S/C15H25N3O/c1-15(2,3)16-10-12-9-13(19)18-14(17-12)11-7-5-4-6-8-11/h9,11,16H,4-8,10H2,1-3H3,(H,17,18,19). The Morgan fingerprint density at radius 1 is 1.32 bits per heavy atom. The number of H-pyrrole nitrogens is 1. The van der Waals surface area contributed by atoms with Crippen molar-refractivity contribution in [1.29, 1.82) is 0 Å². The van der Waals surface area contributed by atoms with Gasteiger partial charge in [-0.15, -0.1) is 0 Å². The molecular weight excluding hydrogens is 238 g/mol. The van der Waals surface area contributed by atoms with Gasteiger partial charge in [0, 0.05) is 24.1 Å². The van der Waals surface area contributed by atoms with Crippen LogP contribution in [0.3, 0.4) is 0 Å². The van der Waals surface area contributed by atoms with Crippen molar-refractivity contribution in [2.45, 2.75) is 70.9 Å². The third kappa shape index (κ3) is 4.46. The van der Waals surface area contributed by atoms with E-state index in [1.54, 1.807) is 6.07 Å². The number of aromatic amines is 1. The molecular formula is C15H25N3O. The molecule has 1 aromatic heterocycles. The maximum atomic E-state index is 11.8. The number of aromatic nitrogens is 2. The van der Waals surface area contributed by atoms with Gasteiger partial charge < -0.3 is 10.3 Å². The van der Waals surface area contributed by atoms with Crippen LogP contribution < -0.4 is 10.9 Å². The first-order valence-electron chi connectivity index (χ1n) is 7.29. The molecule has 4 nitrogen and oxygen atoms in total. The van der Waals surface area contributed by atoms with Crippen LogP contribution in [-0.4, -0.2) is 15.5 Å². The van der Waals surface area contributed by atoms with Crippen LogP contribution in [0, 0.1) is 0 Å². The van der Waals surface area contributed by atoms with Gasteiger partial charge in [0.05, 0.1) is 5.69 Å². The van der Waals surface area contributed by atoms with Crippen molar-refractivity contribution in [3.05, 3.63) is 27.9 Å². The predicted octanol–water partition coefficient (Wildman–Crippen LogP) is 2.71. The summed E-state index contributed by atoms with van der Waals surface area (Å²) in [7, 11) is 0. The highest BCUT2D eigenvalue weighted by atomic mass is 16.1. The van der Waals surface area contributed by atoms with Crippen molar-refractivity contribution >= 4 is 0 Å². The molecule has 0 radical (unpaired) electrons. The van der Waals surface area contributed by atoms with E-state index >= 15 is 0 Å². The summed E-state index contributed by atoms with van der Waals surface area (Å²) in [6.45, 7) is 6.99. The minimum absolute atomic E-state index is 0.0266. The Morgan fingerprint density at radius 2 is 2.00 bits per heavy atom. The summed E-state index contributed by atoms with van der Waals surface area (Å²) < 4.78 is 0. The number of hydrogen-bond acceptors (Lipinski definition) is 3. The molecule has 0 atom stereocenters. The molecule has 19 heavy (non-hydrogen) atoms. The van der Waals surface area contributed by atoms with Crippen LogP contribution >= 0.6 is 0 Å². The highest BCUT2D eigenvalue weighted by molar-refractivity contribution is 5.07. The zero-order valence-electron chi connectivity index (χ0n) is 12.3. The molecule has 2 N–H and O–H groups in total. The minimum atomic E-state index is -0.0266. The Bertz CT molecular complexity index is 467. The summed E-state index contributed by atoms with van der Waals surface area (Å²) in [5.74, 6) is 1.33. The number of nitrogens with zero attached hydrogens (tertiary/aromatic N) is 1. The largest absolute Gasteiger partial charge is 0.310 e. The van der Waals surface area contributed by atoms with Crippen molar-refractivity contribution in [2.24, 2.45) is 0 Å². The second-order valence-corrected chi connectivity index (χ2v) is 6.56. The Balaban J connectivity index is 2.12. The van der Waals surface area contributed by atoms with E-state index in [0.717, 1.165) is 24.4 Å². The first-order chi connectivity index (χ1) is 8.94. The van der Waals surface area contributed by atoms with Crippen molar-refractivity contribution in [3.63, 3.8) is 0 Å². The highest BCUT2D eigenvalue weighted by Crippen LogP contribution is 2.30. The average molecular weight is 263 g/mol. The van der Waals surface area contributed by atoms with E-state index in [1.807, 2.05) is 0 Å². The van der Waals surface area contributed by atoms with Crippen LogP contribution in [0.15, 0.2) is 10.9 Å². The normalized spacial score (nSPS) is 17.6. The van der Waals surface area contributed by atoms with Crippen molar-refractivity contribution in [2.75, 3.05) is 0 Å². The summed E-state index contributed by atoms with van der Waals surface area (Å²) >= 11 is 0. The second-order valence-electron chi connectivity index (χ2n) is 6.56. The third-order valence-electron chi connectivity index (χ3n) is 3.60. The van der Waals surface area contributed by atoms with Gasteiger partial charge in [-0.3, -0.25) is 4.79 Å². The zero-order valence-corrected chi connectivity index (χ0v) is 12.3. The van der Waals surface area contributed by atoms with E-state index in [0.29, 0.717) is 12.5 Å². The SMILES string of the molecule is CC(C)(C)NCc1cc(=O)[nH]c(C2CCCCC2)n1. The highest BCUT2D eigenvalue weighted by Gasteiger charge is 2.18. The fraction of sp³-hybridized carbons (Fsp3) is 0.733. The van der Waals surface area contributed by atoms with E-state index in [4.69, 9.17) is 0 Å². The zero-order chi connectivity index (χ0) is 13.9. The molecule has 1 saturated carbocycles. The lowest BCUT2D eigenvalue weighted by atomic mass is 9.88. The molecule has 1 heterocycles. The Hall–Kier alpha value is -1.16. The summed E-state index contributed by atoms with van der Waals surface area (Å²) in [6, 6.07) is 1.60. The summed E-state index contributed by atoms with van der Waals surface area (Å²) in [4.78, 5) is 19.3. The van der Waals surface area contributed by atoms with Gasteiger partial charge in [-0.1, -0.05) is 19.3 Å². The monoisotopic (exact) mass is 263 g/mol. The third-order valence-corrected chi connectivity index (χ3v) is 3.60. The Morgan fingerprint density at radius 3 is 2.63 bits per heavy atom. The van der Waals surface area contributed by atoms with Gasteiger partial charge >= 0.3 is 0 Å². The van der Waals surface area contributed by atoms with Gasteiger partial charge in [-0.25, -0.2) is 4.98 Å². The number of rotatable bonds is 3. The molecule has 1 aliphatic rings. The molecule has 0 bridgehead atoms. The molecule has 0 amide bonds. The van der Waals surface area contributed by atoms with Crippen LogP contribution in [0.25, 0.3) is 0 Å². The lowest BCUT2D eigenvalue weighted by Gasteiger charge is -2.22. The maximum Gasteiger partial charge on any atom is 0.251 e. The van der Waals surface area contributed by atoms with Gasteiger partial charge in [0.15, 0.2) is 0 Å². The van der Waals surface area contributed by atoms with Crippen LogP contribution in [0.4, 0.5) is 0 Å². The van der Waals surface area contributed by atoms with Crippen molar-refractivity contribution in [1.82, 2.24) is 15.3 Å². The molecule has 2 rings (SSSR count). The van der Waals surface area contributed by atoms with Gasteiger partial charge in [0.1, 0.15) is 5.82 Å². The number of nitrogens with one attached hydrogen (secondary N) is 2. The van der Waals surface area contributed by atoms with Gasteiger partial charge in [0.2, 0.25) is 0 Å².